The fourth-order valence-electron chi connectivity index (χ4n) is 3.59. The summed E-state index contributed by atoms with van der Waals surface area (Å²) in [6.07, 6.45) is 2.45. The number of hydrogen-bond acceptors (Lipinski definition) is 3. The molecule has 3 atom stereocenters. The van der Waals surface area contributed by atoms with E-state index in [1.54, 1.807) is 0 Å². The molecule has 1 aromatic rings. The maximum atomic E-state index is 12.1. The van der Waals surface area contributed by atoms with Crippen LogP contribution in [0.5, 0.6) is 0 Å². The molecule has 3 rings (SSSR count). The third-order valence-corrected chi connectivity index (χ3v) is 4.54. The van der Waals surface area contributed by atoms with E-state index in [0.29, 0.717) is 24.8 Å². The molecule has 1 aromatic carbocycles. The molecule has 1 saturated heterocycles. The monoisotopic (exact) mass is 259 g/mol. The summed E-state index contributed by atoms with van der Waals surface area (Å²) in [6.45, 7) is 2.42. The van der Waals surface area contributed by atoms with Crippen LogP contribution in [0.3, 0.4) is 0 Å². The van der Waals surface area contributed by atoms with Gasteiger partial charge in [0.25, 0.3) is 0 Å². The SMILES string of the molecule is O=C(Cc1ccccc1)CN1CC2CCC(O)C2C1. The molecule has 1 aliphatic heterocycles. The van der Waals surface area contributed by atoms with Crippen LogP contribution in [0.4, 0.5) is 0 Å². The highest BCUT2D eigenvalue weighted by molar-refractivity contribution is 5.82. The molecule has 102 valence electrons. The summed E-state index contributed by atoms with van der Waals surface area (Å²) >= 11 is 0. The fraction of sp³-hybridized carbons (Fsp3) is 0.562. The van der Waals surface area contributed by atoms with Gasteiger partial charge in [0.15, 0.2) is 5.78 Å². The van der Waals surface area contributed by atoms with Crippen molar-refractivity contribution >= 4 is 5.78 Å². The number of nitrogens with zero attached hydrogens (tertiary/aromatic N) is 1. The van der Waals surface area contributed by atoms with Gasteiger partial charge in [0, 0.05) is 25.4 Å². The minimum absolute atomic E-state index is 0.140. The molecule has 19 heavy (non-hydrogen) atoms. The summed E-state index contributed by atoms with van der Waals surface area (Å²) in [5.41, 5.74) is 1.09. The summed E-state index contributed by atoms with van der Waals surface area (Å²) in [5, 5.41) is 9.87. The van der Waals surface area contributed by atoms with Crippen molar-refractivity contribution in [3.63, 3.8) is 0 Å². The number of aliphatic hydroxyl groups excluding tert-OH is 1. The van der Waals surface area contributed by atoms with Gasteiger partial charge in [0.05, 0.1) is 12.6 Å². The Kier molecular flexibility index (Phi) is 3.67. The lowest BCUT2D eigenvalue weighted by molar-refractivity contribution is -0.119. The van der Waals surface area contributed by atoms with Crippen LogP contribution in [0.2, 0.25) is 0 Å². The van der Waals surface area contributed by atoms with E-state index in [1.807, 2.05) is 30.3 Å². The van der Waals surface area contributed by atoms with Crippen LogP contribution in [0.15, 0.2) is 30.3 Å². The van der Waals surface area contributed by atoms with Crippen LogP contribution in [0.1, 0.15) is 18.4 Å². The Hall–Kier alpha value is -1.19. The van der Waals surface area contributed by atoms with Crippen LogP contribution in [-0.2, 0) is 11.2 Å². The van der Waals surface area contributed by atoms with E-state index < -0.39 is 0 Å². The Morgan fingerprint density at radius 1 is 1.21 bits per heavy atom. The van der Waals surface area contributed by atoms with Gasteiger partial charge in [-0.15, -0.1) is 0 Å². The summed E-state index contributed by atoms with van der Waals surface area (Å²) in [5.74, 6) is 1.30. The van der Waals surface area contributed by atoms with Crippen LogP contribution >= 0.6 is 0 Å². The first kappa shape index (κ1) is 12.8. The molecule has 1 heterocycles. The number of aliphatic hydroxyl groups is 1. The second-order valence-electron chi connectivity index (χ2n) is 5.96. The molecule has 3 nitrogen and oxygen atoms in total. The standard InChI is InChI=1S/C16H21NO2/c18-14(8-12-4-2-1-3-5-12)10-17-9-13-6-7-16(19)15(13)11-17/h1-5,13,15-16,19H,6-11H2. The van der Waals surface area contributed by atoms with Gasteiger partial charge >= 0.3 is 0 Å². The first-order valence-corrected chi connectivity index (χ1v) is 7.18. The van der Waals surface area contributed by atoms with Gasteiger partial charge in [-0.05, 0) is 24.3 Å². The summed E-state index contributed by atoms with van der Waals surface area (Å²) in [4.78, 5) is 14.3. The van der Waals surface area contributed by atoms with Gasteiger partial charge in [-0.3, -0.25) is 9.69 Å². The average molecular weight is 259 g/mol. The van der Waals surface area contributed by atoms with Crippen molar-refractivity contribution in [3.8, 4) is 0 Å². The number of hydrogen-bond donors (Lipinski definition) is 1. The van der Waals surface area contributed by atoms with E-state index >= 15 is 0 Å². The number of rotatable bonds is 4. The minimum atomic E-state index is -0.140. The Bertz CT molecular complexity index is 445. The normalized spacial score (nSPS) is 30.5. The lowest BCUT2D eigenvalue weighted by Crippen LogP contribution is -2.30. The number of likely N-dealkylation sites (tertiary alicyclic amines) is 1. The molecule has 0 bridgehead atoms. The molecule has 3 heteroatoms. The molecule has 0 radical (unpaired) electrons. The molecular weight excluding hydrogens is 238 g/mol. The topological polar surface area (TPSA) is 40.5 Å². The van der Waals surface area contributed by atoms with Gasteiger partial charge in [-0.2, -0.15) is 0 Å². The molecule has 1 saturated carbocycles. The summed E-state index contributed by atoms with van der Waals surface area (Å²) in [6, 6.07) is 9.91. The van der Waals surface area contributed by atoms with Crippen LogP contribution < -0.4 is 0 Å². The number of ketones is 1. The Morgan fingerprint density at radius 3 is 2.74 bits per heavy atom. The second-order valence-corrected chi connectivity index (χ2v) is 5.96. The maximum absolute atomic E-state index is 12.1. The molecule has 0 aromatic heterocycles. The molecule has 2 fully saturated rings. The number of carbonyl (C=O) groups excluding carboxylic acids is 1. The van der Waals surface area contributed by atoms with Gasteiger partial charge in [-0.25, -0.2) is 0 Å². The largest absolute Gasteiger partial charge is 0.393 e. The van der Waals surface area contributed by atoms with E-state index in [4.69, 9.17) is 0 Å². The number of benzene rings is 1. The van der Waals surface area contributed by atoms with E-state index in [0.717, 1.165) is 31.5 Å². The molecule has 0 spiro atoms. The minimum Gasteiger partial charge on any atom is -0.393 e. The zero-order chi connectivity index (χ0) is 13.2. The molecule has 1 aliphatic carbocycles. The molecule has 1 N–H and O–H groups in total. The number of fused-ring (bicyclic) bond motifs is 1. The van der Waals surface area contributed by atoms with Crippen molar-refractivity contribution < 1.29 is 9.90 Å². The fourth-order valence-corrected chi connectivity index (χ4v) is 3.59. The van der Waals surface area contributed by atoms with Gasteiger partial charge in [-0.1, -0.05) is 30.3 Å². The van der Waals surface area contributed by atoms with Crippen LogP contribution in [0, 0.1) is 11.8 Å². The predicted molar refractivity (Wildman–Crippen MR) is 73.8 cm³/mol. The first-order valence-electron chi connectivity index (χ1n) is 7.18. The Balaban J connectivity index is 1.51. The van der Waals surface area contributed by atoms with Crippen LogP contribution in [0.25, 0.3) is 0 Å². The van der Waals surface area contributed by atoms with Crippen LogP contribution in [-0.4, -0.2) is 41.5 Å². The van der Waals surface area contributed by atoms with E-state index in [9.17, 15) is 9.90 Å². The summed E-state index contributed by atoms with van der Waals surface area (Å²) in [7, 11) is 0. The molecular formula is C16H21NO2. The van der Waals surface area contributed by atoms with E-state index in [-0.39, 0.29) is 11.9 Å². The van der Waals surface area contributed by atoms with Crippen molar-refractivity contribution in [2.75, 3.05) is 19.6 Å². The third kappa shape index (κ3) is 2.88. The summed E-state index contributed by atoms with van der Waals surface area (Å²) < 4.78 is 0. The van der Waals surface area contributed by atoms with Crippen molar-refractivity contribution in [1.29, 1.82) is 0 Å². The predicted octanol–water partition coefficient (Wildman–Crippen LogP) is 1.50. The highest BCUT2D eigenvalue weighted by atomic mass is 16.3. The zero-order valence-electron chi connectivity index (χ0n) is 11.2. The van der Waals surface area contributed by atoms with Gasteiger partial charge < -0.3 is 5.11 Å². The number of Topliss-reactive ketones (excluding diaryl/α,β-unsaturated/α-hetero) is 1. The highest BCUT2D eigenvalue weighted by Crippen LogP contribution is 2.37. The molecule has 2 aliphatic rings. The van der Waals surface area contributed by atoms with Crippen molar-refractivity contribution in [3.05, 3.63) is 35.9 Å². The zero-order valence-corrected chi connectivity index (χ0v) is 11.2. The molecule has 3 unspecified atom stereocenters. The quantitative estimate of drug-likeness (QED) is 0.891. The Labute approximate surface area is 114 Å². The first-order chi connectivity index (χ1) is 9.22. The van der Waals surface area contributed by atoms with Gasteiger partial charge in [0.2, 0.25) is 0 Å². The number of carbonyl (C=O) groups is 1. The van der Waals surface area contributed by atoms with Crippen molar-refractivity contribution in [2.24, 2.45) is 11.8 Å². The lowest BCUT2D eigenvalue weighted by Gasteiger charge is -2.17. The third-order valence-electron chi connectivity index (χ3n) is 4.54. The van der Waals surface area contributed by atoms with Crippen molar-refractivity contribution in [2.45, 2.75) is 25.4 Å². The van der Waals surface area contributed by atoms with E-state index in [2.05, 4.69) is 4.90 Å². The smallest absolute Gasteiger partial charge is 0.151 e. The van der Waals surface area contributed by atoms with E-state index in [1.165, 1.54) is 0 Å². The maximum Gasteiger partial charge on any atom is 0.151 e. The highest BCUT2D eigenvalue weighted by Gasteiger charge is 2.41. The van der Waals surface area contributed by atoms with Gasteiger partial charge in [0.1, 0.15) is 0 Å². The van der Waals surface area contributed by atoms with Crippen molar-refractivity contribution in [1.82, 2.24) is 4.90 Å². The average Bonchev–Trinajstić information content (AvgIpc) is 2.93. The molecule has 0 amide bonds. The lowest BCUT2D eigenvalue weighted by atomic mass is 10.00. The second kappa shape index (κ2) is 5.43. The Morgan fingerprint density at radius 2 is 2.00 bits per heavy atom.